The number of nitrogens with zero attached hydrogens (tertiary/aromatic N) is 2. The van der Waals surface area contributed by atoms with Crippen LogP contribution in [0.5, 0.6) is 0 Å². The topological polar surface area (TPSA) is 43.7 Å². The average Bonchev–Trinajstić information content (AvgIpc) is 3.01. The van der Waals surface area contributed by atoms with E-state index in [9.17, 15) is 4.79 Å². The van der Waals surface area contributed by atoms with Crippen LogP contribution in [0, 0.1) is 0 Å². The van der Waals surface area contributed by atoms with E-state index in [4.69, 9.17) is 9.47 Å². The first-order chi connectivity index (χ1) is 11.2. The highest BCUT2D eigenvalue weighted by atomic mass is 16.5. The van der Waals surface area contributed by atoms with Crippen LogP contribution < -0.4 is 0 Å². The maximum atomic E-state index is 13.0. The van der Waals surface area contributed by atoms with E-state index in [1.54, 1.807) is 7.11 Å². The third kappa shape index (κ3) is 3.30. The summed E-state index contributed by atoms with van der Waals surface area (Å²) in [6.45, 7) is 2.21. The monoisotopic (exact) mass is 314 g/mol. The van der Waals surface area contributed by atoms with Gasteiger partial charge in [-0.1, -0.05) is 12.1 Å². The van der Waals surface area contributed by atoms with Crippen molar-refractivity contribution < 1.29 is 14.3 Å². The van der Waals surface area contributed by atoms with Gasteiger partial charge in [0, 0.05) is 38.2 Å². The lowest BCUT2D eigenvalue weighted by Crippen LogP contribution is -2.44. The number of amides is 1. The molecule has 0 aliphatic carbocycles. The van der Waals surface area contributed by atoms with E-state index in [2.05, 4.69) is 0 Å². The zero-order chi connectivity index (χ0) is 16.2. The van der Waals surface area contributed by atoms with Gasteiger partial charge in [-0.3, -0.25) is 4.79 Å². The van der Waals surface area contributed by atoms with Crippen molar-refractivity contribution in [2.45, 2.75) is 12.6 Å². The lowest BCUT2D eigenvalue weighted by molar-refractivity contribution is -0.00464. The summed E-state index contributed by atoms with van der Waals surface area (Å²) in [6.07, 6.45) is 1.99. The van der Waals surface area contributed by atoms with Crippen LogP contribution in [-0.2, 0) is 23.1 Å². The number of ether oxygens (including phenoxy) is 2. The first-order valence-corrected chi connectivity index (χ1v) is 7.78. The predicted octanol–water partition coefficient (Wildman–Crippen LogP) is 2.39. The van der Waals surface area contributed by atoms with Gasteiger partial charge in [-0.2, -0.15) is 0 Å². The summed E-state index contributed by atoms with van der Waals surface area (Å²) >= 11 is 0. The Kier molecular flexibility index (Phi) is 4.79. The van der Waals surface area contributed by atoms with Gasteiger partial charge in [0.2, 0.25) is 0 Å². The van der Waals surface area contributed by atoms with E-state index in [1.165, 1.54) is 0 Å². The molecule has 0 bridgehead atoms. The van der Waals surface area contributed by atoms with Gasteiger partial charge in [-0.05, 0) is 29.8 Å². The van der Waals surface area contributed by atoms with Crippen LogP contribution in [0.25, 0.3) is 0 Å². The van der Waals surface area contributed by atoms with E-state index in [1.807, 2.05) is 59.1 Å². The molecule has 1 amide bonds. The predicted molar refractivity (Wildman–Crippen MR) is 87.2 cm³/mol. The minimum absolute atomic E-state index is 0.0393. The maximum absolute atomic E-state index is 13.0. The Labute approximate surface area is 136 Å². The van der Waals surface area contributed by atoms with E-state index < -0.39 is 0 Å². The molecule has 1 aliphatic rings. The molecule has 0 radical (unpaired) electrons. The molecule has 1 atom stereocenters. The Morgan fingerprint density at radius 1 is 1.35 bits per heavy atom. The quantitative estimate of drug-likeness (QED) is 0.870. The van der Waals surface area contributed by atoms with E-state index in [0.29, 0.717) is 31.9 Å². The van der Waals surface area contributed by atoms with Crippen molar-refractivity contribution >= 4 is 5.91 Å². The Hall–Kier alpha value is -2.11. The molecule has 1 saturated heterocycles. The van der Waals surface area contributed by atoms with E-state index in [0.717, 1.165) is 11.3 Å². The zero-order valence-corrected chi connectivity index (χ0v) is 13.6. The van der Waals surface area contributed by atoms with Crippen LogP contribution >= 0.6 is 0 Å². The van der Waals surface area contributed by atoms with Crippen molar-refractivity contribution in [1.82, 2.24) is 9.47 Å². The first-order valence-electron chi connectivity index (χ1n) is 7.78. The number of aryl methyl sites for hydroxylation is 1. The zero-order valence-electron chi connectivity index (χ0n) is 13.6. The summed E-state index contributed by atoms with van der Waals surface area (Å²) in [5.41, 5.74) is 2.79. The Balaban J connectivity index is 1.87. The van der Waals surface area contributed by atoms with Gasteiger partial charge in [-0.15, -0.1) is 0 Å². The highest BCUT2D eigenvalue weighted by molar-refractivity contribution is 5.94. The van der Waals surface area contributed by atoms with Crippen molar-refractivity contribution in [2.75, 3.05) is 26.9 Å². The molecule has 23 heavy (non-hydrogen) atoms. The summed E-state index contributed by atoms with van der Waals surface area (Å²) in [6, 6.07) is 11.6. The van der Waals surface area contributed by atoms with Crippen molar-refractivity contribution in [3.05, 3.63) is 59.4 Å². The van der Waals surface area contributed by atoms with Gasteiger partial charge < -0.3 is 18.9 Å². The summed E-state index contributed by atoms with van der Waals surface area (Å²) in [5, 5.41) is 0. The fourth-order valence-corrected chi connectivity index (χ4v) is 3.04. The number of rotatable bonds is 4. The van der Waals surface area contributed by atoms with Crippen LogP contribution in [-0.4, -0.2) is 42.2 Å². The molecular weight excluding hydrogens is 292 g/mol. The molecule has 0 unspecified atom stereocenters. The Morgan fingerprint density at radius 2 is 2.22 bits per heavy atom. The van der Waals surface area contributed by atoms with Crippen LogP contribution in [0.1, 0.15) is 27.7 Å². The molecule has 1 aromatic heterocycles. The van der Waals surface area contributed by atoms with E-state index >= 15 is 0 Å². The molecule has 3 rings (SSSR count). The molecule has 5 heteroatoms. The lowest BCUT2D eigenvalue weighted by Gasteiger charge is -2.36. The molecule has 122 valence electrons. The normalized spacial score (nSPS) is 18.2. The minimum Gasteiger partial charge on any atom is -0.380 e. The molecule has 2 heterocycles. The lowest BCUT2D eigenvalue weighted by atomic mass is 10.1. The number of methoxy groups -OCH3 is 1. The highest BCUT2D eigenvalue weighted by Gasteiger charge is 2.30. The number of carbonyl (C=O) groups excluding carboxylic acids is 1. The van der Waals surface area contributed by atoms with Crippen molar-refractivity contribution in [2.24, 2.45) is 7.05 Å². The van der Waals surface area contributed by atoms with Crippen molar-refractivity contribution in [3.8, 4) is 0 Å². The van der Waals surface area contributed by atoms with Crippen molar-refractivity contribution in [3.63, 3.8) is 0 Å². The molecule has 1 aromatic carbocycles. The smallest absolute Gasteiger partial charge is 0.254 e. The van der Waals surface area contributed by atoms with Gasteiger partial charge in [0.05, 0.1) is 25.9 Å². The molecule has 1 aliphatic heterocycles. The highest BCUT2D eigenvalue weighted by Crippen LogP contribution is 2.26. The van der Waals surface area contributed by atoms with Gasteiger partial charge in [0.25, 0.3) is 5.91 Å². The van der Waals surface area contributed by atoms with E-state index in [-0.39, 0.29) is 11.9 Å². The molecule has 0 saturated carbocycles. The molecule has 2 aromatic rings. The fourth-order valence-electron chi connectivity index (χ4n) is 3.04. The summed E-state index contributed by atoms with van der Waals surface area (Å²) in [4.78, 5) is 14.9. The van der Waals surface area contributed by atoms with Crippen LogP contribution in [0.2, 0.25) is 0 Å². The molecule has 0 spiro atoms. The third-order valence-corrected chi connectivity index (χ3v) is 4.20. The summed E-state index contributed by atoms with van der Waals surface area (Å²) in [7, 11) is 3.65. The Bertz CT molecular complexity index is 680. The third-order valence-electron chi connectivity index (χ3n) is 4.20. The largest absolute Gasteiger partial charge is 0.380 e. The van der Waals surface area contributed by atoms with Crippen LogP contribution in [0.3, 0.4) is 0 Å². The summed E-state index contributed by atoms with van der Waals surface area (Å²) in [5.74, 6) is 0.0393. The second-order valence-corrected chi connectivity index (χ2v) is 5.77. The van der Waals surface area contributed by atoms with Crippen LogP contribution in [0.15, 0.2) is 42.6 Å². The second-order valence-electron chi connectivity index (χ2n) is 5.77. The molecule has 0 N–H and O–H groups in total. The number of aromatic nitrogens is 1. The molecule has 5 nitrogen and oxygen atoms in total. The molecular formula is C18H22N2O3. The number of benzene rings is 1. The maximum Gasteiger partial charge on any atom is 0.254 e. The van der Waals surface area contributed by atoms with Crippen LogP contribution in [0.4, 0.5) is 0 Å². The number of hydrogen-bond donors (Lipinski definition) is 0. The fraction of sp³-hybridized carbons (Fsp3) is 0.389. The minimum atomic E-state index is -0.0534. The summed E-state index contributed by atoms with van der Waals surface area (Å²) < 4.78 is 12.8. The SMILES string of the molecule is COCc1cccc(C(=O)N2CCOC[C@@H]2c2cccn2C)c1. The number of carbonyl (C=O) groups is 1. The van der Waals surface area contributed by atoms with Gasteiger partial charge in [0.15, 0.2) is 0 Å². The number of hydrogen-bond acceptors (Lipinski definition) is 3. The molecule has 1 fully saturated rings. The number of morpholine rings is 1. The average molecular weight is 314 g/mol. The van der Waals surface area contributed by atoms with Gasteiger partial charge in [0.1, 0.15) is 0 Å². The standard InChI is InChI=1S/C18H22N2O3/c1-19-8-4-7-16(19)17-13-23-10-9-20(17)18(21)15-6-3-5-14(11-15)12-22-2/h3-8,11,17H,9-10,12-13H2,1-2H3/t17-/m1/s1. The Morgan fingerprint density at radius 3 is 2.96 bits per heavy atom. The first kappa shape index (κ1) is 15.8. The van der Waals surface area contributed by atoms with Crippen molar-refractivity contribution in [1.29, 1.82) is 0 Å². The second kappa shape index (κ2) is 6.98. The van der Waals surface area contributed by atoms with Gasteiger partial charge in [-0.25, -0.2) is 0 Å². The van der Waals surface area contributed by atoms with Gasteiger partial charge >= 0.3 is 0 Å².